The van der Waals surface area contributed by atoms with E-state index >= 15 is 0 Å². The van der Waals surface area contributed by atoms with Crippen LogP contribution in [0.3, 0.4) is 0 Å². The lowest BCUT2D eigenvalue weighted by atomic mass is 9.90. The van der Waals surface area contributed by atoms with E-state index in [2.05, 4.69) is 0 Å². The molecule has 1 heterocycles. The number of hydrogen-bond acceptors (Lipinski definition) is 4. The molecule has 2 rings (SSSR count). The van der Waals surface area contributed by atoms with Crippen LogP contribution >= 0.6 is 0 Å². The molecule has 0 bridgehead atoms. The number of carboxylic acids is 1. The Morgan fingerprint density at radius 3 is 2.71 bits per heavy atom. The number of primary amides is 1. The Labute approximate surface area is 121 Å². The van der Waals surface area contributed by atoms with E-state index in [1.807, 2.05) is 22.3 Å². The summed E-state index contributed by atoms with van der Waals surface area (Å²) in [6.07, 6.45) is 0.610. The van der Waals surface area contributed by atoms with E-state index in [9.17, 15) is 19.5 Å². The highest BCUT2D eigenvalue weighted by molar-refractivity contribution is 5.93. The van der Waals surface area contributed by atoms with Crippen LogP contribution in [0.4, 0.5) is 10.5 Å². The first-order valence-corrected chi connectivity index (χ1v) is 6.65. The van der Waals surface area contributed by atoms with Crippen LogP contribution in [-0.4, -0.2) is 36.1 Å². The molecule has 0 aromatic heterocycles. The van der Waals surface area contributed by atoms with Gasteiger partial charge in [-0.2, -0.15) is 0 Å². The van der Waals surface area contributed by atoms with Crippen LogP contribution in [0.1, 0.15) is 24.3 Å². The average Bonchev–Trinajstić information content (AvgIpc) is 2.43. The molecule has 0 spiro atoms. The molecule has 0 aliphatic carbocycles. The fourth-order valence-corrected chi connectivity index (χ4v) is 2.56. The second kappa shape index (κ2) is 6.25. The van der Waals surface area contributed by atoms with Crippen molar-refractivity contribution in [1.82, 2.24) is 5.32 Å². The van der Waals surface area contributed by atoms with E-state index in [4.69, 9.17) is 5.73 Å². The summed E-state index contributed by atoms with van der Waals surface area (Å²) >= 11 is 0. The van der Waals surface area contributed by atoms with Gasteiger partial charge >= 0.3 is 12.0 Å². The number of hydrogen-bond donors (Lipinski definition) is 3. The van der Waals surface area contributed by atoms with Crippen molar-refractivity contribution < 1.29 is 19.5 Å². The number of imide groups is 1. The third-order valence-electron chi connectivity index (χ3n) is 3.51. The summed E-state index contributed by atoms with van der Waals surface area (Å²) in [5.41, 5.74) is 6.46. The Hall–Kier alpha value is -2.57. The summed E-state index contributed by atoms with van der Waals surface area (Å²) in [7, 11) is 0. The van der Waals surface area contributed by atoms with Gasteiger partial charge in [-0.3, -0.25) is 14.9 Å². The highest BCUT2D eigenvalue weighted by Crippen LogP contribution is 2.35. The van der Waals surface area contributed by atoms with Crippen molar-refractivity contribution in [2.75, 3.05) is 18.0 Å². The van der Waals surface area contributed by atoms with Crippen LogP contribution in [-0.2, 0) is 9.59 Å². The lowest BCUT2D eigenvalue weighted by molar-refractivity contribution is -0.139. The van der Waals surface area contributed by atoms with Crippen molar-refractivity contribution in [1.29, 1.82) is 0 Å². The van der Waals surface area contributed by atoms with Crippen molar-refractivity contribution in [3.8, 4) is 0 Å². The molecule has 7 nitrogen and oxygen atoms in total. The number of amides is 3. The molecular weight excluding hydrogens is 274 g/mol. The van der Waals surface area contributed by atoms with Crippen LogP contribution in [0.2, 0.25) is 0 Å². The SMILES string of the molecule is NC(=O)NC(=O)CCN1CCC(C(=O)O)c2ccccc21. The van der Waals surface area contributed by atoms with E-state index < -0.39 is 23.8 Å². The van der Waals surface area contributed by atoms with Gasteiger partial charge in [0.2, 0.25) is 5.91 Å². The monoisotopic (exact) mass is 291 g/mol. The number of urea groups is 1. The van der Waals surface area contributed by atoms with Gasteiger partial charge in [0.05, 0.1) is 5.92 Å². The molecule has 0 saturated heterocycles. The number of anilines is 1. The molecule has 1 unspecified atom stereocenters. The van der Waals surface area contributed by atoms with Crippen LogP contribution in [0.25, 0.3) is 0 Å². The minimum atomic E-state index is -0.870. The highest BCUT2D eigenvalue weighted by Gasteiger charge is 2.29. The summed E-state index contributed by atoms with van der Waals surface area (Å²) in [6.45, 7) is 0.959. The minimum Gasteiger partial charge on any atom is -0.481 e. The maximum Gasteiger partial charge on any atom is 0.318 e. The number of fused-ring (bicyclic) bond motifs is 1. The quantitative estimate of drug-likeness (QED) is 0.754. The molecule has 21 heavy (non-hydrogen) atoms. The molecule has 7 heteroatoms. The van der Waals surface area contributed by atoms with Crippen LogP contribution in [0.15, 0.2) is 24.3 Å². The lowest BCUT2D eigenvalue weighted by Crippen LogP contribution is -2.39. The second-order valence-electron chi connectivity index (χ2n) is 4.89. The van der Waals surface area contributed by atoms with E-state index in [0.717, 1.165) is 11.3 Å². The summed E-state index contributed by atoms with van der Waals surface area (Å²) in [5, 5.41) is 11.3. The predicted molar refractivity (Wildman–Crippen MR) is 76.0 cm³/mol. The van der Waals surface area contributed by atoms with Crippen molar-refractivity contribution >= 4 is 23.6 Å². The van der Waals surface area contributed by atoms with Gasteiger partial charge in [-0.15, -0.1) is 0 Å². The number of carbonyl (C=O) groups excluding carboxylic acids is 2. The Kier molecular flexibility index (Phi) is 4.42. The molecule has 0 saturated carbocycles. The third kappa shape index (κ3) is 3.50. The molecule has 1 atom stereocenters. The summed E-state index contributed by atoms with van der Waals surface area (Å²) in [5.74, 6) is -1.80. The summed E-state index contributed by atoms with van der Waals surface area (Å²) in [6, 6.07) is 6.41. The first-order chi connectivity index (χ1) is 9.99. The fourth-order valence-electron chi connectivity index (χ4n) is 2.56. The predicted octanol–water partition coefficient (Wildman–Crippen LogP) is 0.650. The molecule has 112 valence electrons. The standard InChI is InChI=1S/C14H17N3O4/c15-14(21)16-12(18)6-8-17-7-5-10(13(19)20)9-3-1-2-4-11(9)17/h1-4,10H,5-8H2,(H,19,20)(H3,15,16,18,21). The van der Waals surface area contributed by atoms with Gasteiger partial charge < -0.3 is 15.7 Å². The number of carbonyl (C=O) groups is 3. The minimum absolute atomic E-state index is 0.120. The van der Waals surface area contributed by atoms with Crippen molar-refractivity contribution in [2.24, 2.45) is 5.73 Å². The smallest absolute Gasteiger partial charge is 0.318 e. The Morgan fingerprint density at radius 1 is 1.33 bits per heavy atom. The third-order valence-corrected chi connectivity index (χ3v) is 3.51. The Bertz CT molecular complexity index is 573. The van der Waals surface area contributed by atoms with E-state index in [-0.39, 0.29) is 6.42 Å². The first kappa shape index (κ1) is 14.8. The van der Waals surface area contributed by atoms with Crippen LogP contribution in [0.5, 0.6) is 0 Å². The second-order valence-corrected chi connectivity index (χ2v) is 4.89. The number of rotatable bonds is 4. The number of nitrogens with two attached hydrogens (primary N) is 1. The molecule has 0 radical (unpaired) electrons. The Balaban J connectivity index is 2.09. The molecule has 1 aliphatic heterocycles. The van der Waals surface area contributed by atoms with E-state index in [1.54, 1.807) is 12.1 Å². The van der Waals surface area contributed by atoms with Crippen LogP contribution in [0, 0.1) is 0 Å². The average molecular weight is 291 g/mol. The zero-order valence-corrected chi connectivity index (χ0v) is 11.4. The zero-order chi connectivity index (χ0) is 15.4. The normalized spacial score (nSPS) is 17.0. The number of nitrogens with one attached hydrogen (secondary N) is 1. The summed E-state index contributed by atoms with van der Waals surface area (Å²) in [4.78, 5) is 35.3. The number of carboxylic acid groups (broad SMARTS) is 1. The van der Waals surface area contributed by atoms with Crippen LogP contribution < -0.4 is 16.0 Å². The number of aliphatic carboxylic acids is 1. The van der Waals surface area contributed by atoms with Gasteiger partial charge in [0.1, 0.15) is 0 Å². The zero-order valence-electron chi connectivity index (χ0n) is 11.4. The molecular formula is C14H17N3O4. The van der Waals surface area contributed by atoms with E-state index in [1.165, 1.54) is 0 Å². The largest absolute Gasteiger partial charge is 0.481 e. The van der Waals surface area contributed by atoms with Gasteiger partial charge in [-0.05, 0) is 18.1 Å². The molecule has 0 fully saturated rings. The first-order valence-electron chi connectivity index (χ1n) is 6.65. The van der Waals surface area contributed by atoms with Gasteiger partial charge in [0.15, 0.2) is 0 Å². The number of nitrogens with zero attached hydrogens (tertiary/aromatic N) is 1. The van der Waals surface area contributed by atoms with Gasteiger partial charge in [-0.25, -0.2) is 4.79 Å². The Morgan fingerprint density at radius 2 is 2.05 bits per heavy atom. The van der Waals surface area contributed by atoms with E-state index in [0.29, 0.717) is 19.5 Å². The maximum absolute atomic E-state index is 11.4. The highest BCUT2D eigenvalue weighted by atomic mass is 16.4. The topological polar surface area (TPSA) is 113 Å². The summed E-state index contributed by atoms with van der Waals surface area (Å²) < 4.78 is 0. The molecule has 3 amide bonds. The van der Waals surface area contributed by atoms with Crippen molar-refractivity contribution in [2.45, 2.75) is 18.8 Å². The van der Waals surface area contributed by atoms with Gasteiger partial charge in [0.25, 0.3) is 0 Å². The maximum atomic E-state index is 11.4. The van der Waals surface area contributed by atoms with Crippen molar-refractivity contribution in [3.63, 3.8) is 0 Å². The number of para-hydroxylation sites is 1. The number of benzene rings is 1. The van der Waals surface area contributed by atoms with Crippen molar-refractivity contribution in [3.05, 3.63) is 29.8 Å². The molecule has 1 aromatic rings. The molecule has 1 aromatic carbocycles. The molecule has 4 N–H and O–H groups in total. The fraction of sp³-hybridized carbons (Fsp3) is 0.357. The molecule has 1 aliphatic rings. The lowest BCUT2D eigenvalue weighted by Gasteiger charge is -2.34. The van der Waals surface area contributed by atoms with Gasteiger partial charge in [0, 0.05) is 25.2 Å². The van der Waals surface area contributed by atoms with Gasteiger partial charge in [-0.1, -0.05) is 18.2 Å².